The summed E-state index contributed by atoms with van der Waals surface area (Å²) in [7, 11) is 0. The number of hydrogen-bond acceptors (Lipinski definition) is 3. The van der Waals surface area contributed by atoms with E-state index in [-0.39, 0.29) is 23.0 Å². The summed E-state index contributed by atoms with van der Waals surface area (Å²) >= 11 is 0. The van der Waals surface area contributed by atoms with Crippen LogP contribution in [0.1, 0.15) is 52.4 Å². The number of ketones is 1. The predicted octanol–water partition coefficient (Wildman–Crippen LogP) is 2.32. The molecule has 0 aromatic carbocycles. The minimum Gasteiger partial charge on any atom is -0.303 e. The highest BCUT2D eigenvalue weighted by molar-refractivity contribution is 5.91. The molecule has 2 N–H and O–H groups in total. The van der Waals surface area contributed by atoms with E-state index in [4.69, 9.17) is 0 Å². The van der Waals surface area contributed by atoms with E-state index in [9.17, 15) is 9.59 Å². The lowest BCUT2D eigenvalue weighted by molar-refractivity contribution is -0.127. The third-order valence-electron chi connectivity index (χ3n) is 5.08. The maximum atomic E-state index is 12.2. The summed E-state index contributed by atoms with van der Waals surface area (Å²) in [6, 6.07) is 0. The first-order valence-electron chi connectivity index (χ1n) is 7.72. The molecule has 3 rings (SSSR count). The van der Waals surface area contributed by atoms with Crippen molar-refractivity contribution in [2.24, 2.45) is 23.2 Å². The Bertz CT molecular complexity index is 467. The van der Waals surface area contributed by atoms with Crippen molar-refractivity contribution in [2.45, 2.75) is 52.4 Å². The Balaban J connectivity index is 1.54. The lowest BCUT2D eigenvalue weighted by atomic mass is 9.79. The number of hydrogen-bond donors (Lipinski definition) is 2. The average molecular weight is 276 g/mol. The Morgan fingerprint density at radius 1 is 1.25 bits per heavy atom. The SMILES string of the molecule is CC1(C)CC(=O)C=C(NNC(=O)C2CC3CCC2C3)C1. The maximum Gasteiger partial charge on any atom is 0.241 e. The van der Waals surface area contributed by atoms with E-state index in [1.807, 2.05) is 0 Å². The smallest absolute Gasteiger partial charge is 0.241 e. The van der Waals surface area contributed by atoms with Crippen molar-refractivity contribution in [2.75, 3.05) is 0 Å². The highest BCUT2D eigenvalue weighted by atomic mass is 16.2. The quantitative estimate of drug-likeness (QED) is 0.778. The number of hydrazine groups is 1. The summed E-state index contributed by atoms with van der Waals surface area (Å²) in [6.45, 7) is 4.16. The van der Waals surface area contributed by atoms with Gasteiger partial charge in [-0.15, -0.1) is 0 Å². The van der Waals surface area contributed by atoms with Gasteiger partial charge >= 0.3 is 0 Å². The van der Waals surface area contributed by atoms with Crippen molar-refractivity contribution in [3.63, 3.8) is 0 Å². The lowest BCUT2D eigenvalue weighted by Crippen LogP contribution is -2.43. The van der Waals surface area contributed by atoms with E-state index in [0.29, 0.717) is 12.3 Å². The molecule has 0 spiro atoms. The molecule has 110 valence electrons. The van der Waals surface area contributed by atoms with E-state index in [1.54, 1.807) is 6.08 Å². The summed E-state index contributed by atoms with van der Waals surface area (Å²) in [5.74, 6) is 1.77. The number of carbonyl (C=O) groups is 2. The first-order valence-corrected chi connectivity index (χ1v) is 7.72. The highest BCUT2D eigenvalue weighted by Gasteiger charge is 2.43. The summed E-state index contributed by atoms with van der Waals surface area (Å²) in [5.41, 5.74) is 6.63. The first kappa shape index (κ1) is 13.7. The largest absolute Gasteiger partial charge is 0.303 e. The molecule has 3 aliphatic rings. The van der Waals surface area contributed by atoms with Crippen LogP contribution in [0.3, 0.4) is 0 Å². The van der Waals surface area contributed by atoms with Crippen molar-refractivity contribution < 1.29 is 9.59 Å². The van der Waals surface area contributed by atoms with Gasteiger partial charge in [0.25, 0.3) is 0 Å². The molecule has 4 heteroatoms. The molecule has 3 unspecified atom stereocenters. The van der Waals surface area contributed by atoms with Gasteiger partial charge in [0.1, 0.15) is 0 Å². The zero-order chi connectivity index (χ0) is 14.3. The van der Waals surface area contributed by atoms with Crippen LogP contribution >= 0.6 is 0 Å². The number of fused-ring (bicyclic) bond motifs is 2. The van der Waals surface area contributed by atoms with E-state index in [1.165, 1.54) is 19.3 Å². The predicted molar refractivity (Wildman–Crippen MR) is 76.3 cm³/mol. The van der Waals surface area contributed by atoms with Gasteiger partial charge in [-0.2, -0.15) is 0 Å². The maximum absolute atomic E-state index is 12.2. The Kier molecular flexibility index (Phi) is 3.35. The monoisotopic (exact) mass is 276 g/mol. The number of amides is 1. The number of allylic oxidation sites excluding steroid dienone is 2. The highest BCUT2D eigenvalue weighted by Crippen LogP contribution is 2.48. The molecule has 2 saturated carbocycles. The molecule has 0 saturated heterocycles. The van der Waals surface area contributed by atoms with Crippen LogP contribution in [0, 0.1) is 23.2 Å². The molecule has 0 radical (unpaired) electrons. The number of rotatable bonds is 3. The van der Waals surface area contributed by atoms with Gasteiger partial charge in [-0.05, 0) is 42.9 Å². The number of nitrogens with one attached hydrogen (secondary N) is 2. The second kappa shape index (κ2) is 4.90. The standard InChI is InChI=1S/C16H24N2O2/c1-16(2)8-12(7-13(19)9-16)17-18-15(20)14-6-10-3-4-11(14)5-10/h7,10-11,14,17H,3-6,8-9H2,1-2H3,(H,18,20). The van der Waals surface area contributed by atoms with Crippen LogP contribution in [-0.2, 0) is 9.59 Å². The molecule has 0 heterocycles. The zero-order valence-corrected chi connectivity index (χ0v) is 12.4. The van der Waals surface area contributed by atoms with Crippen LogP contribution < -0.4 is 10.9 Å². The average Bonchev–Trinajstić information content (AvgIpc) is 2.95. The second-order valence-corrected chi connectivity index (χ2v) is 7.55. The molecule has 2 fully saturated rings. The van der Waals surface area contributed by atoms with Crippen LogP contribution in [-0.4, -0.2) is 11.7 Å². The number of carbonyl (C=O) groups excluding carboxylic acids is 2. The molecule has 4 nitrogen and oxygen atoms in total. The summed E-state index contributed by atoms with van der Waals surface area (Å²) < 4.78 is 0. The Morgan fingerprint density at radius 2 is 2.05 bits per heavy atom. The van der Waals surface area contributed by atoms with Crippen molar-refractivity contribution in [1.82, 2.24) is 10.9 Å². The minimum absolute atomic E-state index is 0.0225. The topological polar surface area (TPSA) is 58.2 Å². The zero-order valence-electron chi connectivity index (χ0n) is 12.4. The molecular formula is C16H24N2O2. The van der Waals surface area contributed by atoms with E-state index in [2.05, 4.69) is 24.7 Å². The van der Waals surface area contributed by atoms with Gasteiger partial charge < -0.3 is 5.43 Å². The third kappa shape index (κ3) is 2.74. The lowest BCUT2D eigenvalue weighted by Gasteiger charge is -2.30. The fourth-order valence-electron chi connectivity index (χ4n) is 4.23. The molecule has 1 amide bonds. The second-order valence-electron chi connectivity index (χ2n) is 7.55. The van der Waals surface area contributed by atoms with Gasteiger partial charge in [0.05, 0.1) is 0 Å². The van der Waals surface area contributed by atoms with Crippen molar-refractivity contribution in [1.29, 1.82) is 0 Å². The van der Waals surface area contributed by atoms with E-state index < -0.39 is 0 Å². The summed E-state index contributed by atoms with van der Waals surface area (Å²) in [5, 5.41) is 0. The summed E-state index contributed by atoms with van der Waals surface area (Å²) in [4.78, 5) is 23.9. The molecule has 0 aromatic heterocycles. The van der Waals surface area contributed by atoms with Gasteiger partial charge in [-0.1, -0.05) is 20.3 Å². The van der Waals surface area contributed by atoms with Gasteiger partial charge in [0.2, 0.25) is 5.91 Å². The summed E-state index contributed by atoms with van der Waals surface area (Å²) in [6.07, 6.45) is 7.79. The molecule has 3 aliphatic carbocycles. The van der Waals surface area contributed by atoms with Crippen LogP contribution in [0.4, 0.5) is 0 Å². The molecule has 0 aliphatic heterocycles. The van der Waals surface area contributed by atoms with E-state index >= 15 is 0 Å². The fraction of sp³-hybridized carbons (Fsp3) is 0.750. The van der Waals surface area contributed by atoms with Crippen molar-refractivity contribution in [3.8, 4) is 0 Å². The van der Waals surface area contributed by atoms with Crippen LogP contribution in [0.5, 0.6) is 0 Å². The van der Waals surface area contributed by atoms with Crippen LogP contribution in [0.25, 0.3) is 0 Å². The van der Waals surface area contributed by atoms with Gasteiger partial charge in [-0.25, -0.2) is 0 Å². The van der Waals surface area contributed by atoms with Crippen molar-refractivity contribution >= 4 is 11.7 Å². The Hall–Kier alpha value is -1.32. The van der Waals surface area contributed by atoms with Crippen LogP contribution in [0.2, 0.25) is 0 Å². The molecular weight excluding hydrogens is 252 g/mol. The van der Waals surface area contributed by atoms with Gasteiger partial charge in [-0.3, -0.25) is 15.0 Å². The fourth-order valence-corrected chi connectivity index (χ4v) is 4.23. The van der Waals surface area contributed by atoms with Gasteiger partial charge in [0.15, 0.2) is 5.78 Å². The normalized spacial score (nSPS) is 34.8. The molecule has 2 bridgehead atoms. The Labute approximate surface area is 120 Å². The minimum atomic E-state index is -0.0225. The first-order chi connectivity index (χ1) is 9.43. The molecule has 0 aromatic rings. The Morgan fingerprint density at radius 3 is 2.65 bits per heavy atom. The third-order valence-corrected chi connectivity index (χ3v) is 5.08. The van der Waals surface area contributed by atoms with Crippen LogP contribution in [0.15, 0.2) is 11.8 Å². The molecule has 3 atom stereocenters. The molecule has 20 heavy (non-hydrogen) atoms. The van der Waals surface area contributed by atoms with Gasteiger partial charge in [0, 0.05) is 24.1 Å². The van der Waals surface area contributed by atoms with E-state index in [0.717, 1.165) is 24.5 Å². The van der Waals surface area contributed by atoms with Crippen molar-refractivity contribution in [3.05, 3.63) is 11.8 Å².